The number of anilines is 1. The number of nitrogens with one attached hydrogen (secondary N) is 2. The number of benzene rings is 2. The van der Waals surface area contributed by atoms with E-state index >= 15 is 0 Å². The Morgan fingerprint density at radius 3 is 2.69 bits per heavy atom. The molecule has 0 bridgehead atoms. The Morgan fingerprint density at radius 2 is 2.00 bits per heavy atom. The molecule has 2 rings (SSSR count). The van der Waals surface area contributed by atoms with Gasteiger partial charge in [-0.15, -0.1) is 0 Å². The van der Waals surface area contributed by atoms with Crippen molar-refractivity contribution in [2.75, 3.05) is 11.9 Å². The summed E-state index contributed by atoms with van der Waals surface area (Å²) in [7, 11) is 0. The number of phenols is 1. The van der Waals surface area contributed by atoms with Crippen LogP contribution in [0.1, 0.15) is 49.0 Å². The van der Waals surface area contributed by atoms with Crippen LogP contribution in [-0.2, 0) is 0 Å². The highest BCUT2D eigenvalue weighted by atomic mass is 32.1. The average Bonchev–Trinajstić information content (AvgIpc) is 2.63. The van der Waals surface area contributed by atoms with Gasteiger partial charge in [0.2, 0.25) is 0 Å². The zero-order chi connectivity index (χ0) is 19.1. The van der Waals surface area contributed by atoms with Gasteiger partial charge in [0.25, 0.3) is 5.91 Å². The third-order valence-electron chi connectivity index (χ3n) is 4.08. The summed E-state index contributed by atoms with van der Waals surface area (Å²) in [5, 5.41) is 15.7. The molecule has 0 aliphatic rings. The number of thiocarbonyl (C=S) groups is 1. The van der Waals surface area contributed by atoms with E-state index in [1.54, 1.807) is 30.3 Å². The van der Waals surface area contributed by atoms with E-state index in [9.17, 15) is 9.90 Å². The topological polar surface area (TPSA) is 70.6 Å². The Bertz CT molecular complexity index is 792. The first kappa shape index (κ1) is 19.7. The molecule has 2 aromatic carbocycles. The molecule has 0 aliphatic carbocycles. The largest absolute Gasteiger partial charge is 0.506 e. The lowest BCUT2D eigenvalue weighted by atomic mass is 9.98. The van der Waals surface area contributed by atoms with E-state index in [0.29, 0.717) is 29.5 Å². The molecular formula is C20H24N2O3S. The summed E-state index contributed by atoms with van der Waals surface area (Å²) in [5.41, 5.74) is 2.00. The van der Waals surface area contributed by atoms with Gasteiger partial charge >= 0.3 is 0 Å². The summed E-state index contributed by atoms with van der Waals surface area (Å²) in [6.07, 6.45) is 0.988. The number of carbonyl (C=O) groups is 1. The molecule has 0 heterocycles. The summed E-state index contributed by atoms with van der Waals surface area (Å²) in [6, 6.07) is 12.2. The predicted molar refractivity (Wildman–Crippen MR) is 108 cm³/mol. The van der Waals surface area contributed by atoms with Gasteiger partial charge in [-0.1, -0.05) is 26.0 Å². The van der Waals surface area contributed by atoms with Gasteiger partial charge in [0.1, 0.15) is 11.5 Å². The summed E-state index contributed by atoms with van der Waals surface area (Å²) in [4.78, 5) is 12.4. The SMILES string of the molecule is CCOc1cccc(C(=O)NC(=S)Nc2cc([C@H](C)CC)ccc2O)c1. The molecule has 0 radical (unpaired) electrons. The number of carbonyl (C=O) groups excluding carboxylic acids is 1. The second kappa shape index (κ2) is 9.20. The van der Waals surface area contributed by atoms with E-state index in [4.69, 9.17) is 17.0 Å². The van der Waals surface area contributed by atoms with Gasteiger partial charge in [0, 0.05) is 5.56 Å². The van der Waals surface area contributed by atoms with Crippen LogP contribution in [0.5, 0.6) is 11.5 Å². The van der Waals surface area contributed by atoms with Crippen molar-refractivity contribution in [3.8, 4) is 11.5 Å². The van der Waals surface area contributed by atoms with Crippen LogP contribution in [0.25, 0.3) is 0 Å². The maximum atomic E-state index is 12.4. The maximum Gasteiger partial charge on any atom is 0.257 e. The molecule has 0 aliphatic heterocycles. The summed E-state index contributed by atoms with van der Waals surface area (Å²) >= 11 is 5.21. The molecule has 6 heteroatoms. The lowest BCUT2D eigenvalue weighted by Crippen LogP contribution is -2.34. The van der Waals surface area contributed by atoms with Crippen LogP contribution >= 0.6 is 12.2 Å². The van der Waals surface area contributed by atoms with Crippen molar-refractivity contribution in [1.29, 1.82) is 0 Å². The van der Waals surface area contributed by atoms with Gasteiger partial charge in [-0.2, -0.15) is 0 Å². The zero-order valence-corrected chi connectivity index (χ0v) is 16.0. The Hall–Kier alpha value is -2.60. The maximum absolute atomic E-state index is 12.4. The van der Waals surface area contributed by atoms with Crippen molar-refractivity contribution in [2.24, 2.45) is 0 Å². The molecule has 0 fully saturated rings. The third kappa shape index (κ3) is 5.20. The molecule has 138 valence electrons. The summed E-state index contributed by atoms with van der Waals surface area (Å²) in [6.45, 7) is 6.62. The van der Waals surface area contributed by atoms with Gasteiger partial charge in [-0.3, -0.25) is 10.1 Å². The molecule has 3 N–H and O–H groups in total. The highest BCUT2D eigenvalue weighted by Crippen LogP contribution is 2.29. The first-order chi connectivity index (χ1) is 12.4. The van der Waals surface area contributed by atoms with Crippen LogP contribution in [0.2, 0.25) is 0 Å². The van der Waals surface area contributed by atoms with Crippen LogP contribution in [0.15, 0.2) is 42.5 Å². The fraction of sp³-hybridized carbons (Fsp3) is 0.300. The fourth-order valence-corrected chi connectivity index (χ4v) is 2.62. The molecule has 2 aromatic rings. The van der Waals surface area contributed by atoms with Crippen LogP contribution in [0, 0.1) is 0 Å². The quantitative estimate of drug-likeness (QED) is 0.517. The number of phenolic OH excluding ortho intramolecular Hbond substituents is 1. The van der Waals surface area contributed by atoms with E-state index in [-0.39, 0.29) is 16.8 Å². The van der Waals surface area contributed by atoms with Crippen molar-refractivity contribution >= 4 is 28.9 Å². The lowest BCUT2D eigenvalue weighted by molar-refractivity contribution is 0.0977. The van der Waals surface area contributed by atoms with E-state index < -0.39 is 0 Å². The van der Waals surface area contributed by atoms with Crippen LogP contribution in [0.3, 0.4) is 0 Å². The Morgan fingerprint density at radius 1 is 1.23 bits per heavy atom. The minimum absolute atomic E-state index is 0.0759. The first-order valence-corrected chi connectivity index (χ1v) is 9.03. The van der Waals surface area contributed by atoms with Gasteiger partial charge < -0.3 is 15.2 Å². The average molecular weight is 372 g/mol. The molecule has 5 nitrogen and oxygen atoms in total. The highest BCUT2D eigenvalue weighted by Gasteiger charge is 2.12. The highest BCUT2D eigenvalue weighted by molar-refractivity contribution is 7.80. The zero-order valence-electron chi connectivity index (χ0n) is 15.2. The predicted octanol–water partition coefficient (Wildman–Crippen LogP) is 4.43. The van der Waals surface area contributed by atoms with E-state index in [0.717, 1.165) is 12.0 Å². The molecule has 26 heavy (non-hydrogen) atoms. The molecule has 1 atom stereocenters. The number of rotatable bonds is 6. The summed E-state index contributed by atoms with van der Waals surface area (Å²) in [5.74, 6) is 0.715. The van der Waals surface area contributed by atoms with Crippen molar-refractivity contribution in [2.45, 2.75) is 33.1 Å². The first-order valence-electron chi connectivity index (χ1n) is 8.62. The Balaban J connectivity index is 2.06. The van der Waals surface area contributed by atoms with E-state index in [2.05, 4.69) is 24.5 Å². The lowest BCUT2D eigenvalue weighted by Gasteiger charge is -2.15. The second-order valence-corrected chi connectivity index (χ2v) is 6.36. The van der Waals surface area contributed by atoms with Gasteiger partial charge in [-0.05, 0) is 67.4 Å². The normalized spacial score (nSPS) is 11.5. The fourth-order valence-electron chi connectivity index (χ4n) is 2.42. The van der Waals surface area contributed by atoms with Gasteiger partial charge in [-0.25, -0.2) is 0 Å². The van der Waals surface area contributed by atoms with Crippen LogP contribution < -0.4 is 15.4 Å². The van der Waals surface area contributed by atoms with Crippen LogP contribution in [0.4, 0.5) is 5.69 Å². The number of hydrogen-bond acceptors (Lipinski definition) is 4. The van der Waals surface area contributed by atoms with Crippen molar-refractivity contribution < 1.29 is 14.6 Å². The summed E-state index contributed by atoms with van der Waals surface area (Å²) < 4.78 is 5.40. The molecule has 0 saturated heterocycles. The van der Waals surface area contributed by atoms with E-state index in [1.807, 2.05) is 19.1 Å². The number of ether oxygens (including phenoxy) is 1. The van der Waals surface area contributed by atoms with Gasteiger partial charge in [0.15, 0.2) is 5.11 Å². The minimum Gasteiger partial charge on any atom is -0.506 e. The molecule has 0 unspecified atom stereocenters. The Kier molecular flexibility index (Phi) is 6.97. The number of aromatic hydroxyl groups is 1. The van der Waals surface area contributed by atoms with Crippen molar-refractivity contribution in [1.82, 2.24) is 5.32 Å². The molecule has 0 spiro atoms. The number of hydrogen-bond donors (Lipinski definition) is 3. The van der Waals surface area contributed by atoms with Crippen LogP contribution in [-0.4, -0.2) is 22.7 Å². The smallest absolute Gasteiger partial charge is 0.257 e. The molecule has 0 aromatic heterocycles. The molecule has 1 amide bonds. The number of amides is 1. The molecule has 0 saturated carbocycles. The minimum atomic E-state index is -0.346. The third-order valence-corrected chi connectivity index (χ3v) is 4.29. The van der Waals surface area contributed by atoms with Crippen molar-refractivity contribution in [3.63, 3.8) is 0 Å². The Labute approximate surface area is 159 Å². The molecular weight excluding hydrogens is 348 g/mol. The van der Waals surface area contributed by atoms with Crippen molar-refractivity contribution in [3.05, 3.63) is 53.6 Å². The van der Waals surface area contributed by atoms with Gasteiger partial charge in [0.05, 0.1) is 12.3 Å². The van der Waals surface area contributed by atoms with E-state index in [1.165, 1.54) is 0 Å². The second-order valence-electron chi connectivity index (χ2n) is 5.95. The monoisotopic (exact) mass is 372 g/mol. The standard InChI is InChI=1S/C20H24N2O3S/c1-4-13(3)14-9-10-18(23)17(12-14)21-20(26)22-19(24)15-7-6-8-16(11-15)25-5-2/h6-13,23H,4-5H2,1-3H3,(H2,21,22,24,26)/t13-/m1/s1.